The highest BCUT2D eigenvalue weighted by atomic mass is 16.2. The van der Waals surface area contributed by atoms with E-state index in [9.17, 15) is 9.59 Å². The Bertz CT molecular complexity index is 612. The lowest BCUT2D eigenvalue weighted by Crippen LogP contribution is -2.55. The summed E-state index contributed by atoms with van der Waals surface area (Å²) in [5, 5.41) is 6.30. The summed E-state index contributed by atoms with van der Waals surface area (Å²) < 4.78 is 0. The topological polar surface area (TPSA) is 80.3 Å². The van der Waals surface area contributed by atoms with E-state index < -0.39 is 0 Å². The zero-order valence-corrected chi connectivity index (χ0v) is 20.5. The molecule has 2 rings (SSSR count). The predicted molar refractivity (Wildman–Crippen MR) is 126 cm³/mol. The monoisotopic (exact) mass is 436 g/mol. The molecule has 2 aliphatic heterocycles. The van der Waals surface area contributed by atoms with E-state index in [0.29, 0.717) is 31.5 Å². The van der Waals surface area contributed by atoms with Gasteiger partial charge in [0.1, 0.15) is 0 Å². The summed E-state index contributed by atoms with van der Waals surface area (Å²) in [6, 6.07) is 0. The fourth-order valence-electron chi connectivity index (χ4n) is 4.30. The molecular weight excluding hydrogens is 392 g/mol. The first kappa shape index (κ1) is 25.4. The summed E-state index contributed by atoms with van der Waals surface area (Å²) >= 11 is 0. The molecule has 2 unspecified atom stereocenters. The Hall–Kier alpha value is -1.83. The standard InChI is InChI=1S/C23H44N6O2/c1-7-24-22(26-9-8-25-21(31)23(4,5)6)28-12-10-27(11-13-28)17-20(30)29-15-18(2)14-19(3)16-29/h18-19H,7-17H2,1-6H3,(H,24,26)(H,25,31). The van der Waals surface area contributed by atoms with E-state index in [0.717, 1.165) is 51.8 Å². The number of piperazine rings is 1. The molecule has 0 aromatic rings. The second-order valence-electron chi connectivity index (χ2n) is 10.2. The Morgan fingerprint density at radius 1 is 0.968 bits per heavy atom. The summed E-state index contributed by atoms with van der Waals surface area (Å²) in [7, 11) is 0. The summed E-state index contributed by atoms with van der Waals surface area (Å²) in [5.74, 6) is 2.39. The van der Waals surface area contributed by atoms with Crippen molar-refractivity contribution in [1.29, 1.82) is 0 Å². The molecule has 0 aromatic carbocycles. The van der Waals surface area contributed by atoms with Crippen LogP contribution in [0.25, 0.3) is 0 Å². The average Bonchev–Trinajstić information content (AvgIpc) is 2.69. The second kappa shape index (κ2) is 11.7. The Balaban J connectivity index is 1.79. The number of likely N-dealkylation sites (tertiary alicyclic amines) is 1. The number of carbonyl (C=O) groups excluding carboxylic acids is 2. The number of nitrogens with one attached hydrogen (secondary N) is 2. The molecule has 2 heterocycles. The quantitative estimate of drug-likeness (QED) is 0.372. The number of rotatable bonds is 6. The minimum absolute atomic E-state index is 0.0449. The zero-order valence-electron chi connectivity index (χ0n) is 20.5. The molecule has 2 saturated heterocycles. The largest absolute Gasteiger partial charge is 0.357 e. The van der Waals surface area contributed by atoms with Gasteiger partial charge in [-0.2, -0.15) is 0 Å². The molecule has 2 atom stereocenters. The van der Waals surface area contributed by atoms with Gasteiger partial charge in [-0.05, 0) is 25.2 Å². The molecular formula is C23H44N6O2. The van der Waals surface area contributed by atoms with Crippen LogP contribution < -0.4 is 10.6 Å². The van der Waals surface area contributed by atoms with Crippen molar-refractivity contribution in [1.82, 2.24) is 25.3 Å². The van der Waals surface area contributed by atoms with Crippen molar-refractivity contribution in [2.45, 2.75) is 48.0 Å². The van der Waals surface area contributed by atoms with Gasteiger partial charge in [0.05, 0.1) is 13.1 Å². The Morgan fingerprint density at radius 3 is 2.13 bits per heavy atom. The summed E-state index contributed by atoms with van der Waals surface area (Å²) in [4.78, 5) is 36.0. The molecule has 0 saturated carbocycles. The van der Waals surface area contributed by atoms with E-state index in [1.807, 2.05) is 20.8 Å². The van der Waals surface area contributed by atoms with Gasteiger partial charge in [0.25, 0.3) is 0 Å². The third-order valence-electron chi connectivity index (χ3n) is 5.93. The van der Waals surface area contributed by atoms with Crippen molar-refractivity contribution in [2.75, 3.05) is 65.4 Å². The third kappa shape index (κ3) is 8.31. The number of aliphatic imine (C=N–C) groups is 1. The van der Waals surface area contributed by atoms with Crippen LogP contribution in [0.5, 0.6) is 0 Å². The van der Waals surface area contributed by atoms with Crippen LogP contribution in [-0.2, 0) is 9.59 Å². The predicted octanol–water partition coefficient (Wildman–Crippen LogP) is 1.24. The van der Waals surface area contributed by atoms with E-state index in [-0.39, 0.29) is 17.2 Å². The third-order valence-corrected chi connectivity index (χ3v) is 5.93. The maximum Gasteiger partial charge on any atom is 0.236 e. The van der Waals surface area contributed by atoms with E-state index in [1.54, 1.807) is 0 Å². The number of guanidine groups is 1. The highest BCUT2D eigenvalue weighted by Gasteiger charge is 2.28. The number of amides is 2. The van der Waals surface area contributed by atoms with Crippen LogP contribution in [0.15, 0.2) is 4.99 Å². The fraction of sp³-hybridized carbons (Fsp3) is 0.870. The molecule has 2 N–H and O–H groups in total. The van der Waals surface area contributed by atoms with Gasteiger partial charge in [0, 0.05) is 57.8 Å². The van der Waals surface area contributed by atoms with Gasteiger partial charge in [0.2, 0.25) is 11.8 Å². The van der Waals surface area contributed by atoms with Gasteiger partial charge in [0.15, 0.2) is 5.96 Å². The molecule has 0 aromatic heterocycles. The maximum absolute atomic E-state index is 12.8. The molecule has 31 heavy (non-hydrogen) atoms. The van der Waals surface area contributed by atoms with Gasteiger partial charge in [-0.1, -0.05) is 34.6 Å². The lowest BCUT2D eigenvalue weighted by molar-refractivity contribution is -0.135. The molecule has 0 aliphatic carbocycles. The molecule has 178 valence electrons. The van der Waals surface area contributed by atoms with Crippen LogP contribution in [0.1, 0.15) is 48.0 Å². The lowest BCUT2D eigenvalue weighted by Gasteiger charge is -2.39. The van der Waals surface area contributed by atoms with Crippen molar-refractivity contribution >= 4 is 17.8 Å². The van der Waals surface area contributed by atoms with Gasteiger partial charge < -0.3 is 20.4 Å². The van der Waals surface area contributed by atoms with Crippen molar-refractivity contribution in [2.24, 2.45) is 22.2 Å². The number of hydrogen-bond donors (Lipinski definition) is 2. The summed E-state index contributed by atoms with van der Waals surface area (Å²) in [6.07, 6.45) is 1.22. The number of nitrogens with zero attached hydrogens (tertiary/aromatic N) is 4. The van der Waals surface area contributed by atoms with Crippen molar-refractivity contribution < 1.29 is 9.59 Å². The smallest absolute Gasteiger partial charge is 0.236 e. The number of carbonyl (C=O) groups is 2. The first-order chi connectivity index (χ1) is 14.6. The SMILES string of the molecule is CCNC(=NCCNC(=O)C(C)(C)C)N1CCN(CC(=O)N2CC(C)CC(C)C2)CC1. The Kier molecular flexibility index (Phi) is 9.59. The van der Waals surface area contributed by atoms with Crippen LogP contribution >= 0.6 is 0 Å². The van der Waals surface area contributed by atoms with Gasteiger partial charge >= 0.3 is 0 Å². The highest BCUT2D eigenvalue weighted by molar-refractivity contribution is 5.82. The normalized spacial score (nSPS) is 23.6. The van der Waals surface area contributed by atoms with Gasteiger partial charge in [-0.3, -0.25) is 19.5 Å². The van der Waals surface area contributed by atoms with E-state index in [4.69, 9.17) is 4.99 Å². The van der Waals surface area contributed by atoms with Crippen molar-refractivity contribution in [3.63, 3.8) is 0 Å². The average molecular weight is 437 g/mol. The van der Waals surface area contributed by atoms with Crippen molar-refractivity contribution in [3.05, 3.63) is 0 Å². The maximum atomic E-state index is 12.8. The van der Waals surface area contributed by atoms with Crippen LogP contribution in [-0.4, -0.2) is 97.9 Å². The summed E-state index contributed by atoms with van der Waals surface area (Å²) in [5.41, 5.74) is -0.383. The second-order valence-corrected chi connectivity index (χ2v) is 10.2. The van der Waals surface area contributed by atoms with E-state index in [1.165, 1.54) is 6.42 Å². The van der Waals surface area contributed by atoms with Crippen LogP contribution in [0.2, 0.25) is 0 Å². The molecule has 8 nitrogen and oxygen atoms in total. The lowest BCUT2D eigenvalue weighted by atomic mass is 9.92. The minimum Gasteiger partial charge on any atom is -0.357 e. The molecule has 0 bridgehead atoms. The molecule has 2 fully saturated rings. The van der Waals surface area contributed by atoms with Crippen LogP contribution in [0.3, 0.4) is 0 Å². The first-order valence-corrected chi connectivity index (χ1v) is 11.9. The molecule has 0 radical (unpaired) electrons. The summed E-state index contributed by atoms with van der Waals surface area (Å²) in [6.45, 7) is 19.9. The van der Waals surface area contributed by atoms with Crippen LogP contribution in [0, 0.1) is 17.3 Å². The van der Waals surface area contributed by atoms with Gasteiger partial charge in [-0.25, -0.2) is 0 Å². The van der Waals surface area contributed by atoms with E-state index >= 15 is 0 Å². The molecule has 2 aliphatic rings. The number of piperidine rings is 1. The molecule has 8 heteroatoms. The highest BCUT2D eigenvalue weighted by Crippen LogP contribution is 2.21. The molecule has 2 amide bonds. The Morgan fingerprint density at radius 2 is 1.58 bits per heavy atom. The fourth-order valence-corrected chi connectivity index (χ4v) is 4.30. The van der Waals surface area contributed by atoms with Gasteiger partial charge in [-0.15, -0.1) is 0 Å². The first-order valence-electron chi connectivity index (χ1n) is 11.9. The van der Waals surface area contributed by atoms with E-state index in [2.05, 4.69) is 46.1 Å². The Labute approximate surface area is 188 Å². The minimum atomic E-state index is -0.383. The molecule has 0 spiro atoms. The zero-order chi connectivity index (χ0) is 23.0. The number of hydrogen-bond acceptors (Lipinski definition) is 4. The van der Waals surface area contributed by atoms with Crippen molar-refractivity contribution in [3.8, 4) is 0 Å². The van der Waals surface area contributed by atoms with Crippen LogP contribution in [0.4, 0.5) is 0 Å².